The van der Waals surface area contributed by atoms with Crippen LogP contribution in [0.1, 0.15) is 43.0 Å². The van der Waals surface area contributed by atoms with E-state index in [9.17, 15) is 14.4 Å². The first kappa shape index (κ1) is 25.9. The molecule has 1 saturated heterocycles. The number of benzene rings is 1. The van der Waals surface area contributed by atoms with E-state index in [-0.39, 0.29) is 35.5 Å². The fraction of sp³-hybridized carbons (Fsp3) is 0.591. The Morgan fingerprint density at radius 3 is 2.50 bits per heavy atom. The lowest BCUT2D eigenvalue weighted by Crippen LogP contribution is -2.45. The maximum atomic E-state index is 12.8. The van der Waals surface area contributed by atoms with E-state index in [4.69, 9.17) is 25.8 Å². The number of carbonyl (C=O) groups is 3. The summed E-state index contributed by atoms with van der Waals surface area (Å²) in [5.41, 5.74) is 0.712. The van der Waals surface area contributed by atoms with Crippen molar-refractivity contribution in [2.45, 2.75) is 38.6 Å². The SMILES string of the molecule is COCCOC(=O)CCCN1CCC(NC(=O)c2cc(Cl)c(NC(C)=O)cc2OC)CC1. The van der Waals surface area contributed by atoms with E-state index < -0.39 is 0 Å². The minimum absolute atomic E-state index is 0.0382. The van der Waals surface area contributed by atoms with Gasteiger partial charge in [0.2, 0.25) is 5.91 Å². The number of methoxy groups -OCH3 is 2. The summed E-state index contributed by atoms with van der Waals surface area (Å²) in [7, 11) is 3.03. The molecule has 0 saturated carbocycles. The zero-order valence-corrected chi connectivity index (χ0v) is 19.6. The Morgan fingerprint density at radius 2 is 1.88 bits per heavy atom. The maximum Gasteiger partial charge on any atom is 0.305 e. The number of carbonyl (C=O) groups excluding carboxylic acids is 3. The highest BCUT2D eigenvalue weighted by Crippen LogP contribution is 2.31. The number of nitrogens with one attached hydrogen (secondary N) is 2. The van der Waals surface area contributed by atoms with Crippen molar-refractivity contribution < 1.29 is 28.6 Å². The van der Waals surface area contributed by atoms with Crippen LogP contribution in [0.15, 0.2) is 12.1 Å². The Kier molecular flexibility index (Phi) is 10.7. The van der Waals surface area contributed by atoms with Crippen molar-refractivity contribution >= 4 is 35.1 Å². The van der Waals surface area contributed by atoms with Gasteiger partial charge in [0.15, 0.2) is 0 Å². The molecular weight excluding hydrogens is 438 g/mol. The van der Waals surface area contributed by atoms with Gasteiger partial charge < -0.3 is 29.7 Å². The van der Waals surface area contributed by atoms with Crippen molar-refractivity contribution in [1.82, 2.24) is 10.2 Å². The van der Waals surface area contributed by atoms with Gasteiger partial charge in [0, 0.05) is 45.7 Å². The average Bonchev–Trinajstić information content (AvgIpc) is 2.76. The fourth-order valence-corrected chi connectivity index (χ4v) is 3.72. The van der Waals surface area contributed by atoms with E-state index in [0.29, 0.717) is 30.0 Å². The minimum atomic E-state index is -0.268. The molecule has 2 amide bonds. The number of hydrogen-bond donors (Lipinski definition) is 2. The third-order valence-corrected chi connectivity index (χ3v) is 5.49. The Labute approximate surface area is 193 Å². The maximum absolute atomic E-state index is 12.8. The summed E-state index contributed by atoms with van der Waals surface area (Å²) in [6.45, 7) is 4.56. The number of ether oxygens (including phenoxy) is 3. The highest BCUT2D eigenvalue weighted by atomic mass is 35.5. The monoisotopic (exact) mass is 469 g/mol. The molecule has 9 nitrogen and oxygen atoms in total. The lowest BCUT2D eigenvalue weighted by atomic mass is 10.0. The van der Waals surface area contributed by atoms with Crippen LogP contribution in [0.25, 0.3) is 0 Å². The summed E-state index contributed by atoms with van der Waals surface area (Å²) >= 11 is 6.22. The number of anilines is 1. The van der Waals surface area contributed by atoms with Crippen LogP contribution in [0.4, 0.5) is 5.69 Å². The highest BCUT2D eigenvalue weighted by Gasteiger charge is 2.23. The quantitative estimate of drug-likeness (QED) is 0.378. The van der Waals surface area contributed by atoms with Crippen LogP contribution in [0, 0.1) is 0 Å². The molecule has 0 radical (unpaired) electrons. The Bertz CT molecular complexity index is 796. The molecule has 2 N–H and O–H groups in total. The second-order valence-electron chi connectivity index (χ2n) is 7.62. The first-order chi connectivity index (χ1) is 15.3. The molecule has 1 aliphatic rings. The van der Waals surface area contributed by atoms with Crippen molar-refractivity contribution in [3.05, 3.63) is 22.7 Å². The highest BCUT2D eigenvalue weighted by molar-refractivity contribution is 6.34. The van der Waals surface area contributed by atoms with Crippen molar-refractivity contribution in [3.8, 4) is 5.75 Å². The number of hydrogen-bond acceptors (Lipinski definition) is 7. The molecule has 2 rings (SSSR count). The predicted molar refractivity (Wildman–Crippen MR) is 121 cm³/mol. The Morgan fingerprint density at radius 1 is 1.16 bits per heavy atom. The summed E-state index contributed by atoms with van der Waals surface area (Å²) in [6, 6.07) is 3.08. The van der Waals surface area contributed by atoms with Crippen LogP contribution in [0.3, 0.4) is 0 Å². The van der Waals surface area contributed by atoms with Gasteiger partial charge in [-0.15, -0.1) is 0 Å². The lowest BCUT2D eigenvalue weighted by Gasteiger charge is -2.32. The molecule has 10 heteroatoms. The first-order valence-electron chi connectivity index (χ1n) is 10.7. The number of likely N-dealkylation sites (tertiary alicyclic amines) is 1. The van der Waals surface area contributed by atoms with E-state index in [0.717, 1.165) is 38.9 Å². The molecule has 0 atom stereocenters. The second-order valence-corrected chi connectivity index (χ2v) is 8.03. The summed E-state index contributed by atoms with van der Waals surface area (Å²) in [5, 5.41) is 5.92. The molecule has 0 spiro atoms. The summed E-state index contributed by atoms with van der Waals surface area (Å²) in [5.74, 6) is -0.400. The number of piperidine rings is 1. The van der Waals surface area contributed by atoms with Crippen molar-refractivity contribution in [3.63, 3.8) is 0 Å². The largest absolute Gasteiger partial charge is 0.496 e. The van der Waals surface area contributed by atoms with E-state index >= 15 is 0 Å². The normalized spacial score (nSPS) is 14.6. The number of halogens is 1. The van der Waals surface area contributed by atoms with E-state index in [1.807, 2.05) is 0 Å². The smallest absolute Gasteiger partial charge is 0.305 e. The average molecular weight is 470 g/mol. The van der Waals surface area contributed by atoms with Crippen molar-refractivity contribution in [2.75, 3.05) is 52.4 Å². The van der Waals surface area contributed by atoms with Gasteiger partial charge in [0.05, 0.1) is 30.0 Å². The van der Waals surface area contributed by atoms with Gasteiger partial charge in [-0.3, -0.25) is 14.4 Å². The van der Waals surface area contributed by atoms with Crippen LogP contribution in [-0.4, -0.2) is 75.8 Å². The van der Waals surface area contributed by atoms with Gasteiger partial charge >= 0.3 is 5.97 Å². The lowest BCUT2D eigenvalue weighted by molar-refractivity contribution is -0.145. The molecule has 1 heterocycles. The van der Waals surface area contributed by atoms with Gasteiger partial charge in [-0.2, -0.15) is 0 Å². The van der Waals surface area contributed by atoms with Gasteiger partial charge in [-0.05, 0) is 31.9 Å². The predicted octanol–water partition coefficient (Wildman–Crippen LogP) is 2.47. The summed E-state index contributed by atoms with van der Waals surface area (Å²) in [6.07, 6.45) is 2.74. The summed E-state index contributed by atoms with van der Waals surface area (Å²) < 4.78 is 15.2. The van der Waals surface area contributed by atoms with E-state index in [1.165, 1.54) is 20.1 Å². The van der Waals surface area contributed by atoms with Crippen molar-refractivity contribution in [1.29, 1.82) is 0 Å². The van der Waals surface area contributed by atoms with Crippen LogP contribution in [0.5, 0.6) is 5.75 Å². The zero-order chi connectivity index (χ0) is 23.5. The van der Waals surface area contributed by atoms with Crippen LogP contribution >= 0.6 is 11.6 Å². The Balaban J connectivity index is 1.79. The molecule has 1 fully saturated rings. The molecule has 32 heavy (non-hydrogen) atoms. The molecule has 1 aliphatic heterocycles. The third kappa shape index (κ3) is 8.29. The zero-order valence-electron chi connectivity index (χ0n) is 18.9. The van der Waals surface area contributed by atoms with Crippen molar-refractivity contribution in [2.24, 2.45) is 0 Å². The number of rotatable bonds is 11. The van der Waals surface area contributed by atoms with Gasteiger partial charge in [-0.1, -0.05) is 11.6 Å². The molecule has 178 valence electrons. The number of nitrogens with zero attached hydrogens (tertiary/aromatic N) is 1. The number of amides is 2. The minimum Gasteiger partial charge on any atom is -0.496 e. The topological polar surface area (TPSA) is 106 Å². The van der Waals surface area contributed by atoms with Crippen LogP contribution in [-0.2, 0) is 19.1 Å². The van der Waals surface area contributed by atoms with Gasteiger partial charge in [0.25, 0.3) is 5.91 Å². The fourth-order valence-electron chi connectivity index (χ4n) is 3.51. The summed E-state index contributed by atoms with van der Waals surface area (Å²) in [4.78, 5) is 38.0. The molecular formula is C22H32ClN3O6. The molecule has 1 aromatic carbocycles. The number of esters is 1. The first-order valence-corrected chi connectivity index (χ1v) is 11.0. The van der Waals surface area contributed by atoms with E-state index in [2.05, 4.69) is 15.5 Å². The van der Waals surface area contributed by atoms with E-state index in [1.54, 1.807) is 13.2 Å². The molecule has 0 aromatic heterocycles. The third-order valence-electron chi connectivity index (χ3n) is 5.17. The van der Waals surface area contributed by atoms with Gasteiger partial charge in [-0.25, -0.2) is 0 Å². The molecule has 0 unspecified atom stereocenters. The molecule has 0 bridgehead atoms. The molecule has 0 aliphatic carbocycles. The molecule has 1 aromatic rings. The standard InChI is InChI=1S/C22H32ClN3O6/c1-15(27)24-19-14-20(31-3)17(13-18(19)23)22(29)25-16-6-9-26(10-7-16)8-4-5-21(28)32-12-11-30-2/h13-14,16H,4-12H2,1-3H3,(H,24,27)(H,25,29). The van der Waals surface area contributed by atoms with Crippen LogP contribution in [0.2, 0.25) is 5.02 Å². The van der Waals surface area contributed by atoms with Crippen LogP contribution < -0.4 is 15.4 Å². The Hall–Kier alpha value is -2.36. The second kappa shape index (κ2) is 13.2. The van der Waals surface area contributed by atoms with Gasteiger partial charge in [0.1, 0.15) is 12.4 Å².